The van der Waals surface area contributed by atoms with Crippen LogP contribution in [-0.2, 0) is 0 Å². The first kappa shape index (κ1) is 14.0. The maximum atomic E-state index is 3.82. The van der Waals surface area contributed by atoms with Crippen molar-refractivity contribution in [2.24, 2.45) is 0 Å². The second kappa shape index (κ2) is 7.93. The smallest absolute Gasteiger partial charge is 0.0263 e. The Morgan fingerprint density at radius 2 is 2.18 bits per heavy atom. The summed E-state index contributed by atoms with van der Waals surface area (Å²) in [5.41, 5.74) is 0. The molecule has 1 N–H and O–H groups in total. The predicted molar refractivity (Wildman–Crippen MR) is 81.3 cm³/mol. The van der Waals surface area contributed by atoms with Crippen LogP contribution in [0.5, 0.6) is 0 Å². The van der Waals surface area contributed by atoms with Crippen molar-refractivity contribution in [2.75, 3.05) is 43.4 Å². The lowest BCUT2D eigenvalue weighted by Gasteiger charge is -2.24. The predicted octanol–water partition coefficient (Wildman–Crippen LogP) is 2.30. The number of nitrogens with zero attached hydrogens (tertiary/aromatic N) is 1. The molecule has 0 spiro atoms. The van der Waals surface area contributed by atoms with Crippen molar-refractivity contribution in [3.8, 4) is 0 Å². The number of hydrogen-bond acceptors (Lipinski definition) is 4. The molecule has 2 saturated heterocycles. The Labute approximate surface area is 115 Å². The van der Waals surface area contributed by atoms with Crippen LogP contribution in [0, 0.1) is 0 Å². The minimum atomic E-state index is 0.777. The van der Waals surface area contributed by atoms with Crippen LogP contribution in [0.3, 0.4) is 0 Å². The van der Waals surface area contributed by atoms with Gasteiger partial charge in [-0.2, -0.15) is 23.5 Å². The SMILES string of the molecule is CCN1CCCC(NCC2CSCCS2)CC1. The van der Waals surface area contributed by atoms with Gasteiger partial charge < -0.3 is 10.2 Å². The molecule has 2 aliphatic rings. The molecule has 0 radical (unpaired) electrons. The third-order valence-electron chi connectivity index (χ3n) is 3.79. The van der Waals surface area contributed by atoms with E-state index in [9.17, 15) is 0 Å². The fourth-order valence-corrected chi connectivity index (χ4v) is 5.25. The van der Waals surface area contributed by atoms with Crippen LogP contribution in [0.1, 0.15) is 26.2 Å². The van der Waals surface area contributed by atoms with Crippen molar-refractivity contribution in [1.82, 2.24) is 10.2 Å². The van der Waals surface area contributed by atoms with Gasteiger partial charge in [-0.05, 0) is 38.9 Å². The Bertz CT molecular complexity index is 208. The van der Waals surface area contributed by atoms with E-state index in [4.69, 9.17) is 0 Å². The van der Waals surface area contributed by atoms with Crippen molar-refractivity contribution < 1.29 is 0 Å². The first-order valence-corrected chi connectivity index (χ1v) is 9.24. The molecule has 0 amide bonds. The molecule has 0 aromatic rings. The summed E-state index contributed by atoms with van der Waals surface area (Å²) >= 11 is 4.30. The Balaban J connectivity index is 1.64. The highest BCUT2D eigenvalue weighted by molar-refractivity contribution is 8.06. The summed E-state index contributed by atoms with van der Waals surface area (Å²) in [7, 11) is 0. The lowest BCUT2D eigenvalue weighted by atomic mass is 10.1. The largest absolute Gasteiger partial charge is 0.313 e. The molecule has 0 aliphatic carbocycles. The molecule has 0 saturated carbocycles. The second-order valence-electron chi connectivity index (χ2n) is 5.04. The van der Waals surface area contributed by atoms with E-state index in [0.717, 1.165) is 11.3 Å². The van der Waals surface area contributed by atoms with E-state index in [0.29, 0.717) is 0 Å². The zero-order valence-electron chi connectivity index (χ0n) is 11.0. The number of thioether (sulfide) groups is 2. The van der Waals surface area contributed by atoms with Crippen LogP contribution >= 0.6 is 23.5 Å². The van der Waals surface area contributed by atoms with Crippen LogP contribution in [-0.4, -0.2) is 59.6 Å². The lowest BCUT2D eigenvalue weighted by Crippen LogP contribution is -2.37. The standard InChI is InChI=1S/C13H26N2S2/c1-2-15-6-3-4-12(5-7-15)14-10-13-11-16-8-9-17-13/h12-14H,2-11H2,1H3. The highest BCUT2D eigenvalue weighted by Gasteiger charge is 2.18. The lowest BCUT2D eigenvalue weighted by molar-refractivity contribution is 0.297. The van der Waals surface area contributed by atoms with E-state index in [1.54, 1.807) is 0 Å². The van der Waals surface area contributed by atoms with Gasteiger partial charge in [-0.25, -0.2) is 0 Å². The second-order valence-corrected chi connectivity index (χ2v) is 7.60. The molecule has 2 nitrogen and oxygen atoms in total. The summed E-state index contributed by atoms with van der Waals surface area (Å²) in [6.07, 6.45) is 4.09. The minimum Gasteiger partial charge on any atom is -0.313 e. The van der Waals surface area contributed by atoms with Gasteiger partial charge in [0, 0.05) is 35.1 Å². The summed E-state index contributed by atoms with van der Waals surface area (Å²) in [4.78, 5) is 2.59. The van der Waals surface area contributed by atoms with Crippen LogP contribution in [0.2, 0.25) is 0 Å². The quantitative estimate of drug-likeness (QED) is 0.846. The molecule has 2 unspecified atom stereocenters. The monoisotopic (exact) mass is 274 g/mol. The number of rotatable bonds is 4. The number of likely N-dealkylation sites (tertiary alicyclic amines) is 1. The molecular weight excluding hydrogens is 248 g/mol. The first-order valence-electron chi connectivity index (χ1n) is 7.03. The van der Waals surface area contributed by atoms with Gasteiger partial charge in [-0.3, -0.25) is 0 Å². The van der Waals surface area contributed by atoms with Crippen molar-refractivity contribution in [1.29, 1.82) is 0 Å². The van der Waals surface area contributed by atoms with E-state index >= 15 is 0 Å². The van der Waals surface area contributed by atoms with Gasteiger partial charge in [0.1, 0.15) is 0 Å². The molecule has 2 atom stereocenters. The highest BCUT2D eigenvalue weighted by Crippen LogP contribution is 2.23. The Morgan fingerprint density at radius 3 is 2.94 bits per heavy atom. The average Bonchev–Trinajstić information content (AvgIpc) is 2.62. The molecule has 17 heavy (non-hydrogen) atoms. The zero-order chi connectivity index (χ0) is 11.9. The fraction of sp³-hybridized carbons (Fsp3) is 1.00. The average molecular weight is 274 g/mol. The molecule has 2 rings (SSSR count). The molecule has 0 aromatic carbocycles. The molecule has 2 fully saturated rings. The zero-order valence-corrected chi connectivity index (χ0v) is 12.6. The third-order valence-corrected chi connectivity index (χ3v) is 6.63. The Kier molecular flexibility index (Phi) is 6.54. The summed E-state index contributed by atoms with van der Waals surface area (Å²) in [6, 6.07) is 0.777. The van der Waals surface area contributed by atoms with Gasteiger partial charge in [-0.15, -0.1) is 0 Å². The molecular formula is C13H26N2S2. The highest BCUT2D eigenvalue weighted by atomic mass is 32.2. The molecule has 2 heterocycles. The van der Waals surface area contributed by atoms with Crippen LogP contribution in [0.4, 0.5) is 0 Å². The molecule has 100 valence electrons. The van der Waals surface area contributed by atoms with Crippen molar-refractivity contribution in [3.05, 3.63) is 0 Å². The van der Waals surface area contributed by atoms with Crippen LogP contribution in [0.15, 0.2) is 0 Å². The summed E-state index contributed by atoms with van der Waals surface area (Å²) < 4.78 is 0. The van der Waals surface area contributed by atoms with E-state index in [1.165, 1.54) is 62.7 Å². The van der Waals surface area contributed by atoms with Gasteiger partial charge in [0.2, 0.25) is 0 Å². The number of hydrogen-bond donors (Lipinski definition) is 1. The van der Waals surface area contributed by atoms with Crippen molar-refractivity contribution in [3.63, 3.8) is 0 Å². The normalized spacial score (nSPS) is 32.3. The van der Waals surface area contributed by atoms with Gasteiger partial charge in [0.25, 0.3) is 0 Å². The summed E-state index contributed by atoms with van der Waals surface area (Å²) in [6.45, 7) is 7.34. The first-order chi connectivity index (χ1) is 8.38. The molecule has 2 aliphatic heterocycles. The van der Waals surface area contributed by atoms with Crippen molar-refractivity contribution in [2.45, 2.75) is 37.5 Å². The Hall–Kier alpha value is 0.620. The van der Waals surface area contributed by atoms with Gasteiger partial charge in [0.05, 0.1) is 0 Å². The maximum Gasteiger partial charge on any atom is 0.0263 e. The summed E-state index contributed by atoms with van der Waals surface area (Å²) in [5.74, 6) is 4.06. The van der Waals surface area contributed by atoms with E-state index in [-0.39, 0.29) is 0 Å². The molecule has 0 bridgehead atoms. The molecule has 4 heteroatoms. The van der Waals surface area contributed by atoms with Crippen LogP contribution in [0.25, 0.3) is 0 Å². The van der Waals surface area contributed by atoms with Gasteiger partial charge in [0.15, 0.2) is 0 Å². The maximum absolute atomic E-state index is 3.82. The third kappa shape index (κ3) is 5.01. The van der Waals surface area contributed by atoms with E-state index < -0.39 is 0 Å². The topological polar surface area (TPSA) is 15.3 Å². The summed E-state index contributed by atoms with van der Waals surface area (Å²) in [5, 5.41) is 4.68. The number of nitrogens with one attached hydrogen (secondary N) is 1. The Morgan fingerprint density at radius 1 is 1.24 bits per heavy atom. The van der Waals surface area contributed by atoms with E-state index in [2.05, 4.69) is 40.7 Å². The van der Waals surface area contributed by atoms with Gasteiger partial charge >= 0.3 is 0 Å². The van der Waals surface area contributed by atoms with E-state index in [1.807, 2.05) is 0 Å². The van der Waals surface area contributed by atoms with Crippen LogP contribution < -0.4 is 5.32 Å². The van der Waals surface area contributed by atoms with Gasteiger partial charge in [-0.1, -0.05) is 6.92 Å². The van der Waals surface area contributed by atoms with Crippen molar-refractivity contribution >= 4 is 23.5 Å². The minimum absolute atomic E-state index is 0.777. The molecule has 0 aromatic heterocycles. The fourth-order valence-electron chi connectivity index (χ4n) is 2.63.